The Morgan fingerprint density at radius 3 is 2.67 bits per heavy atom. The Morgan fingerprint density at radius 1 is 1.19 bits per heavy atom. The van der Waals surface area contributed by atoms with E-state index in [9.17, 15) is 9.59 Å². The first-order chi connectivity index (χ1) is 13.0. The second kappa shape index (κ2) is 7.02. The van der Waals surface area contributed by atoms with Crippen LogP contribution in [0.5, 0.6) is 0 Å². The summed E-state index contributed by atoms with van der Waals surface area (Å²) >= 11 is 0. The molecule has 1 aromatic carbocycles. The van der Waals surface area contributed by atoms with Crippen molar-refractivity contribution in [1.29, 1.82) is 0 Å². The van der Waals surface area contributed by atoms with Gasteiger partial charge in [0.1, 0.15) is 5.69 Å². The summed E-state index contributed by atoms with van der Waals surface area (Å²) < 4.78 is 0. The van der Waals surface area contributed by atoms with Gasteiger partial charge in [0.05, 0.1) is 6.54 Å². The molecule has 1 aromatic heterocycles. The highest BCUT2D eigenvalue weighted by Crippen LogP contribution is 2.38. The van der Waals surface area contributed by atoms with E-state index in [1.807, 2.05) is 36.2 Å². The maximum absolute atomic E-state index is 12.8. The molecule has 27 heavy (non-hydrogen) atoms. The number of nitrogens with zero attached hydrogens (tertiary/aromatic N) is 3. The van der Waals surface area contributed by atoms with Crippen molar-refractivity contribution in [2.24, 2.45) is 0 Å². The lowest BCUT2D eigenvalue weighted by Crippen LogP contribution is -2.48. The number of nitrogens with one attached hydrogen (secondary N) is 1. The van der Waals surface area contributed by atoms with Gasteiger partial charge in [-0.25, -0.2) is 0 Å². The van der Waals surface area contributed by atoms with Crippen LogP contribution in [0.3, 0.4) is 0 Å². The van der Waals surface area contributed by atoms with Gasteiger partial charge in [0.25, 0.3) is 5.91 Å². The van der Waals surface area contributed by atoms with E-state index < -0.39 is 0 Å². The second-order valence-electron chi connectivity index (χ2n) is 7.53. The highest BCUT2D eigenvalue weighted by Gasteiger charge is 2.44. The van der Waals surface area contributed by atoms with Crippen LogP contribution in [0.15, 0.2) is 48.7 Å². The van der Waals surface area contributed by atoms with Crippen molar-refractivity contribution in [2.75, 3.05) is 31.6 Å². The average Bonchev–Trinajstić information content (AvgIpc) is 3.43. The molecule has 140 valence electrons. The highest BCUT2D eigenvalue weighted by atomic mass is 16.2. The first-order valence-electron chi connectivity index (χ1n) is 9.36. The Balaban J connectivity index is 1.44. The maximum atomic E-state index is 12.8. The Bertz CT molecular complexity index is 848. The van der Waals surface area contributed by atoms with E-state index >= 15 is 0 Å². The minimum absolute atomic E-state index is 0.0869. The lowest BCUT2D eigenvalue weighted by atomic mass is 10.0. The molecule has 0 atom stereocenters. The molecule has 2 amide bonds. The van der Waals surface area contributed by atoms with Crippen LogP contribution in [-0.2, 0) is 11.2 Å². The van der Waals surface area contributed by atoms with Crippen LogP contribution in [0.4, 0.5) is 5.69 Å². The Hall–Kier alpha value is -2.89. The number of benzene rings is 1. The van der Waals surface area contributed by atoms with E-state index in [2.05, 4.69) is 22.4 Å². The molecule has 1 N–H and O–H groups in total. The number of likely N-dealkylation sites (N-methyl/N-ethyl adjacent to an activating group) is 1. The van der Waals surface area contributed by atoms with E-state index in [1.165, 1.54) is 5.56 Å². The zero-order valence-corrected chi connectivity index (χ0v) is 15.5. The number of carbonyl (C=O) groups is 2. The van der Waals surface area contributed by atoms with Crippen molar-refractivity contribution in [2.45, 2.75) is 24.8 Å². The summed E-state index contributed by atoms with van der Waals surface area (Å²) in [5.41, 5.74) is 2.34. The topological polar surface area (TPSA) is 65.5 Å². The molecule has 6 heteroatoms. The molecule has 4 rings (SSSR count). The number of amides is 2. The Kier molecular flexibility index (Phi) is 4.56. The lowest BCUT2D eigenvalue weighted by Gasteiger charge is -2.33. The summed E-state index contributed by atoms with van der Waals surface area (Å²) in [7, 11) is 1.81. The Labute approximate surface area is 159 Å². The van der Waals surface area contributed by atoms with Crippen LogP contribution in [0.1, 0.15) is 28.9 Å². The fraction of sp³-hybridized carbons (Fsp3) is 0.381. The molecule has 1 saturated carbocycles. The molecular formula is C21H24N4O2. The van der Waals surface area contributed by atoms with Crippen molar-refractivity contribution >= 4 is 17.5 Å². The molecule has 0 spiro atoms. The zero-order valence-electron chi connectivity index (χ0n) is 15.5. The number of piperazine rings is 1. The second-order valence-corrected chi connectivity index (χ2v) is 7.53. The number of carbonyl (C=O) groups excluding carboxylic acids is 2. The Morgan fingerprint density at radius 2 is 1.96 bits per heavy atom. The SMILES string of the molecule is CN1CCN(c2ccnc(C(=O)NC3(Cc4ccccc4)CC3)c2)CC1=O. The van der Waals surface area contributed by atoms with Gasteiger partial charge in [-0.2, -0.15) is 0 Å². The van der Waals surface area contributed by atoms with E-state index in [4.69, 9.17) is 0 Å². The molecule has 0 radical (unpaired) electrons. The maximum Gasteiger partial charge on any atom is 0.270 e. The third kappa shape index (κ3) is 3.94. The van der Waals surface area contributed by atoms with Crippen LogP contribution in [0, 0.1) is 0 Å². The van der Waals surface area contributed by atoms with Gasteiger partial charge >= 0.3 is 0 Å². The van der Waals surface area contributed by atoms with Gasteiger partial charge in [-0.05, 0) is 37.0 Å². The van der Waals surface area contributed by atoms with Crippen LogP contribution in [0.25, 0.3) is 0 Å². The molecule has 0 unspecified atom stereocenters. The number of hydrogen-bond donors (Lipinski definition) is 1. The first-order valence-corrected chi connectivity index (χ1v) is 9.36. The van der Waals surface area contributed by atoms with E-state index in [0.29, 0.717) is 18.8 Å². The molecule has 2 heterocycles. The number of anilines is 1. The average molecular weight is 364 g/mol. The van der Waals surface area contributed by atoms with Gasteiger partial charge in [0.15, 0.2) is 0 Å². The minimum Gasteiger partial charge on any atom is -0.360 e. The van der Waals surface area contributed by atoms with Crippen LogP contribution < -0.4 is 10.2 Å². The summed E-state index contributed by atoms with van der Waals surface area (Å²) in [6, 6.07) is 13.9. The van der Waals surface area contributed by atoms with Crippen molar-refractivity contribution < 1.29 is 9.59 Å². The molecule has 2 fully saturated rings. The molecule has 2 aliphatic rings. The van der Waals surface area contributed by atoms with Crippen LogP contribution in [0.2, 0.25) is 0 Å². The lowest BCUT2D eigenvalue weighted by molar-refractivity contribution is -0.129. The van der Waals surface area contributed by atoms with Crippen molar-refractivity contribution in [1.82, 2.24) is 15.2 Å². The normalized spacial score (nSPS) is 18.3. The minimum atomic E-state index is -0.153. The third-order valence-corrected chi connectivity index (χ3v) is 5.42. The summed E-state index contributed by atoms with van der Waals surface area (Å²) in [5, 5.41) is 3.18. The summed E-state index contributed by atoms with van der Waals surface area (Å²) in [6.07, 6.45) is 4.45. The highest BCUT2D eigenvalue weighted by molar-refractivity contribution is 5.94. The number of aromatic nitrogens is 1. The first kappa shape index (κ1) is 17.5. The third-order valence-electron chi connectivity index (χ3n) is 5.42. The monoisotopic (exact) mass is 364 g/mol. The van der Waals surface area contributed by atoms with Gasteiger partial charge in [-0.15, -0.1) is 0 Å². The summed E-state index contributed by atoms with van der Waals surface area (Å²) in [5.74, 6) is -0.0606. The smallest absolute Gasteiger partial charge is 0.270 e. The fourth-order valence-corrected chi connectivity index (χ4v) is 3.51. The van der Waals surface area contributed by atoms with Crippen LogP contribution >= 0.6 is 0 Å². The van der Waals surface area contributed by atoms with Gasteiger partial charge in [0, 0.05) is 37.6 Å². The van der Waals surface area contributed by atoms with Crippen molar-refractivity contribution in [3.05, 3.63) is 59.9 Å². The van der Waals surface area contributed by atoms with Crippen molar-refractivity contribution in [3.63, 3.8) is 0 Å². The summed E-state index contributed by atoms with van der Waals surface area (Å²) in [6.45, 7) is 1.77. The molecule has 1 aliphatic heterocycles. The zero-order chi connectivity index (χ0) is 18.9. The molecule has 2 aromatic rings. The molecular weight excluding hydrogens is 340 g/mol. The molecule has 0 bridgehead atoms. The number of hydrogen-bond acceptors (Lipinski definition) is 4. The van der Waals surface area contributed by atoms with Gasteiger partial charge in [0.2, 0.25) is 5.91 Å². The van der Waals surface area contributed by atoms with E-state index in [-0.39, 0.29) is 17.4 Å². The molecule has 1 aliphatic carbocycles. The van der Waals surface area contributed by atoms with E-state index in [1.54, 1.807) is 17.2 Å². The van der Waals surface area contributed by atoms with E-state index in [0.717, 1.165) is 31.5 Å². The predicted octanol–water partition coefficient (Wildman–Crippen LogP) is 1.87. The predicted molar refractivity (Wildman–Crippen MR) is 104 cm³/mol. The number of rotatable bonds is 5. The van der Waals surface area contributed by atoms with Gasteiger partial charge in [-0.3, -0.25) is 14.6 Å². The summed E-state index contributed by atoms with van der Waals surface area (Å²) in [4.78, 5) is 32.7. The standard InChI is InChI=1S/C21H24N4O2/c1-24-11-12-25(15-19(24)26)17-7-10-22-18(13-17)20(27)23-21(8-9-21)14-16-5-3-2-4-6-16/h2-7,10,13H,8-9,11-12,14-15H2,1H3,(H,23,27). The molecule has 6 nitrogen and oxygen atoms in total. The molecule has 1 saturated heterocycles. The largest absolute Gasteiger partial charge is 0.360 e. The number of pyridine rings is 1. The fourth-order valence-electron chi connectivity index (χ4n) is 3.51. The van der Waals surface area contributed by atoms with Crippen LogP contribution in [-0.4, -0.2) is 53.9 Å². The van der Waals surface area contributed by atoms with Gasteiger partial charge in [-0.1, -0.05) is 30.3 Å². The van der Waals surface area contributed by atoms with Gasteiger partial charge < -0.3 is 15.1 Å². The quantitative estimate of drug-likeness (QED) is 0.880. The van der Waals surface area contributed by atoms with Crippen molar-refractivity contribution in [3.8, 4) is 0 Å².